The average Bonchev–Trinajstić information content (AvgIpc) is 2.05. The van der Waals surface area contributed by atoms with Gasteiger partial charge in [0.15, 0.2) is 0 Å². The number of rotatable bonds is 2. The van der Waals surface area contributed by atoms with E-state index in [1.807, 2.05) is 0 Å². The van der Waals surface area contributed by atoms with Crippen LogP contribution in [0.5, 0.6) is 0 Å². The topological polar surface area (TPSA) is 38.4 Å². The fourth-order valence-electron chi connectivity index (χ4n) is 1.47. The maximum absolute atomic E-state index is 5.87. The highest BCUT2D eigenvalue weighted by atomic mass is 14.9. The van der Waals surface area contributed by atoms with Crippen LogP contribution in [0.4, 0.5) is 0 Å². The van der Waals surface area contributed by atoms with Gasteiger partial charge in [-0.2, -0.15) is 0 Å². The Hall–Kier alpha value is -0.790. The van der Waals surface area contributed by atoms with Crippen molar-refractivity contribution in [1.29, 1.82) is 0 Å². The molecule has 0 fully saturated rings. The second kappa shape index (κ2) is 4.29. The molecule has 0 spiro atoms. The van der Waals surface area contributed by atoms with Crippen LogP contribution in [0.3, 0.4) is 0 Å². The van der Waals surface area contributed by atoms with Gasteiger partial charge >= 0.3 is 0 Å². The molecule has 2 heteroatoms. The van der Waals surface area contributed by atoms with Gasteiger partial charge in [0.1, 0.15) is 0 Å². The molecule has 12 heavy (non-hydrogen) atoms. The van der Waals surface area contributed by atoms with Crippen molar-refractivity contribution in [3.8, 4) is 0 Å². The molecule has 0 aliphatic heterocycles. The summed E-state index contributed by atoms with van der Waals surface area (Å²) in [6.45, 7) is 4.12. The Morgan fingerprint density at radius 3 is 2.75 bits per heavy atom. The van der Waals surface area contributed by atoms with Gasteiger partial charge in [0.2, 0.25) is 0 Å². The van der Waals surface area contributed by atoms with Gasteiger partial charge in [-0.1, -0.05) is 12.2 Å². The van der Waals surface area contributed by atoms with Crippen LogP contribution in [0.1, 0.15) is 33.1 Å². The summed E-state index contributed by atoms with van der Waals surface area (Å²) in [6, 6.07) is 0.330. The minimum atomic E-state index is 0.330. The molecule has 2 N–H and O–H groups in total. The van der Waals surface area contributed by atoms with Gasteiger partial charge in [0, 0.05) is 12.0 Å². The summed E-state index contributed by atoms with van der Waals surface area (Å²) in [5.41, 5.74) is 5.87. The first kappa shape index (κ1) is 9.30. The maximum Gasteiger partial charge on any atom is 0.0974 e. The number of aliphatic imine (C=N–C) groups is 1. The largest absolute Gasteiger partial charge is 0.387 e. The van der Waals surface area contributed by atoms with Gasteiger partial charge in [0.05, 0.1) is 5.84 Å². The normalized spacial score (nSPS) is 24.9. The predicted octanol–water partition coefficient (Wildman–Crippen LogP) is 2.11. The third-order valence-electron chi connectivity index (χ3n) is 2.09. The summed E-state index contributed by atoms with van der Waals surface area (Å²) in [6.07, 6.45) is 7.82. The van der Waals surface area contributed by atoms with Crippen molar-refractivity contribution in [2.45, 2.75) is 39.2 Å². The Bertz CT molecular complexity index is 192. The van der Waals surface area contributed by atoms with Crippen molar-refractivity contribution in [2.75, 3.05) is 0 Å². The maximum atomic E-state index is 5.87. The Kier molecular flexibility index (Phi) is 3.32. The molecule has 1 rings (SSSR count). The summed E-state index contributed by atoms with van der Waals surface area (Å²) < 4.78 is 0. The van der Waals surface area contributed by atoms with Crippen LogP contribution in [0.25, 0.3) is 0 Å². The number of allylic oxidation sites excluding steroid dienone is 2. The van der Waals surface area contributed by atoms with Crippen LogP contribution in [-0.2, 0) is 0 Å². The van der Waals surface area contributed by atoms with E-state index in [0.29, 0.717) is 12.0 Å². The molecule has 1 unspecified atom stereocenters. The second-order valence-electron chi connectivity index (χ2n) is 3.63. The number of nitrogens with zero attached hydrogens (tertiary/aromatic N) is 1. The van der Waals surface area contributed by atoms with E-state index >= 15 is 0 Å². The molecule has 0 aromatic carbocycles. The molecule has 0 radical (unpaired) electrons. The zero-order chi connectivity index (χ0) is 8.97. The molecule has 0 amide bonds. The van der Waals surface area contributed by atoms with E-state index in [1.54, 1.807) is 0 Å². The van der Waals surface area contributed by atoms with Crippen LogP contribution in [0.2, 0.25) is 0 Å². The molecule has 0 aromatic heterocycles. The van der Waals surface area contributed by atoms with Gasteiger partial charge in [0.25, 0.3) is 0 Å². The van der Waals surface area contributed by atoms with E-state index < -0.39 is 0 Å². The van der Waals surface area contributed by atoms with Gasteiger partial charge < -0.3 is 5.73 Å². The van der Waals surface area contributed by atoms with Crippen molar-refractivity contribution >= 4 is 5.84 Å². The number of amidine groups is 1. The second-order valence-corrected chi connectivity index (χ2v) is 3.63. The molecule has 0 aromatic rings. The van der Waals surface area contributed by atoms with E-state index in [1.165, 1.54) is 6.42 Å². The highest BCUT2D eigenvalue weighted by molar-refractivity contribution is 5.83. The quantitative estimate of drug-likeness (QED) is 0.381. The third-order valence-corrected chi connectivity index (χ3v) is 2.09. The van der Waals surface area contributed by atoms with Crippen LogP contribution in [0, 0.1) is 5.92 Å². The fraction of sp³-hybridized carbons (Fsp3) is 0.700. The Morgan fingerprint density at radius 1 is 1.50 bits per heavy atom. The lowest BCUT2D eigenvalue weighted by Crippen LogP contribution is -2.25. The number of hydrogen-bond acceptors (Lipinski definition) is 1. The Morgan fingerprint density at radius 2 is 2.25 bits per heavy atom. The lowest BCUT2D eigenvalue weighted by Gasteiger charge is -2.17. The Labute approximate surface area is 74.6 Å². The standard InChI is InChI=1S/C10H18N2/c1-8(2)12-10(11)9-6-4-3-5-7-9/h3-4,8-9H,5-7H2,1-2H3,(H2,11,12). The molecule has 0 saturated carbocycles. The van der Waals surface area contributed by atoms with E-state index in [0.717, 1.165) is 18.7 Å². The van der Waals surface area contributed by atoms with E-state index in [9.17, 15) is 0 Å². The number of nitrogens with two attached hydrogens (primary N) is 1. The minimum Gasteiger partial charge on any atom is -0.387 e. The lowest BCUT2D eigenvalue weighted by atomic mass is 9.93. The first-order valence-electron chi connectivity index (χ1n) is 4.68. The zero-order valence-electron chi connectivity index (χ0n) is 7.96. The molecule has 68 valence electrons. The molecule has 1 aliphatic carbocycles. The third kappa shape index (κ3) is 2.68. The van der Waals surface area contributed by atoms with E-state index in [-0.39, 0.29) is 0 Å². The zero-order valence-corrected chi connectivity index (χ0v) is 7.96. The van der Waals surface area contributed by atoms with Crippen LogP contribution in [-0.4, -0.2) is 11.9 Å². The van der Waals surface area contributed by atoms with Gasteiger partial charge in [-0.25, -0.2) is 0 Å². The fourth-order valence-corrected chi connectivity index (χ4v) is 1.47. The van der Waals surface area contributed by atoms with Gasteiger partial charge in [-0.05, 0) is 33.1 Å². The highest BCUT2D eigenvalue weighted by Gasteiger charge is 2.13. The smallest absolute Gasteiger partial charge is 0.0974 e. The lowest BCUT2D eigenvalue weighted by molar-refractivity contribution is 0.605. The van der Waals surface area contributed by atoms with Gasteiger partial charge in [-0.3, -0.25) is 4.99 Å². The molecule has 0 saturated heterocycles. The van der Waals surface area contributed by atoms with Crippen molar-refractivity contribution < 1.29 is 0 Å². The SMILES string of the molecule is CC(C)N=C(N)C1CC=CCC1. The van der Waals surface area contributed by atoms with Gasteiger partial charge in [-0.15, -0.1) is 0 Å². The number of hydrogen-bond donors (Lipinski definition) is 1. The molecule has 2 nitrogen and oxygen atoms in total. The first-order chi connectivity index (χ1) is 5.70. The van der Waals surface area contributed by atoms with E-state index in [4.69, 9.17) is 5.73 Å². The van der Waals surface area contributed by atoms with E-state index in [2.05, 4.69) is 31.0 Å². The average molecular weight is 166 g/mol. The highest BCUT2D eigenvalue weighted by Crippen LogP contribution is 2.18. The monoisotopic (exact) mass is 166 g/mol. The summed E-state index contributed by atoms with van der Waals surface area (Å²) in [7, 11) is 0. The molecule has 1 atom stereocenters. The summed E-state index contributed by atoms with van der Waals surface area (Å²) in [4.78, 5) is 4.36. The van der Waals surface area contributed by atoms with Crippen molar-refractivity contribution in [2.24, 2.45) is 16.6 Å². The molecule has 1 aliphatic rings. The molecule has 0 heterocycles. The summed E-state index contributed by atoms with van der Waals surface area (Å²) in [5, 5.41) is 0. The van der Waals surface area contributed by atoms with Crippen LogP contribution >= 0.6 is 0 Å². The molecule has 0 bridgehead atoms. The predicted molar refractivity (Wildman–Crippen MR) is 53.2 cm³/mol. The van der Waals surface area contributed by atoms with Crippen molar-refractivity contribution in [3.63, 3.8) is 0 Å². The first-order valence-corrected chi connectivity index (χ1v) is 4.68. The molecular formula is C10H18N2. The van der Waals surface area contributed by atoms with Crippen molar-refractivity contribution in [3.05, 3.63) is 12.2 Å². The minimum absolute atomic E-state index is 0.330. The van der Waals surface area contributed by atoms with Crippen molar-refractivity contribution in [1.82, 2.24) is 0 Å². The Balaban J connectivity index is 2.51. The summed E-state index contributed by atoms with van der Waals surface area (Å²) in [5.74, 6) is 1.34. The summed E-state index contributed by atoms with van der Waals surface area (Å²) >= 11 is 0. The molecular weight excluding hydrogens is 148 g/mol. The van der Waals surface area contributed by atoms with Crippen LogP contribution < -0.4 is 5.73 Å². The van der Waals surface area contributed by atoms with Crippen LogP contribution in [0.15, 0.2) is 17.1 Å².